The lowest BCUT2D eigenvalue weighted by Gasteiger charge is -2.38. The van der Waals surface area contributed by atoms with Gasteiger partial charge < -0.3 is 15.3 Å². The molecule has 11 heteroatoms. The highest BCUT2D eigenvalue weighted by Crippen LogP contribution is 2.31. The first kappa shape index (κ1) is 35.3. The first-order valence-electron chi connectivity index (χ1n) is 16.5. The third kappa shape index (κ3) is 7.78. The first-order valence-corrected chi connectivity index (χ1v) is 17.3. The van der Waals surface area contributed by atoms with Crippen molar-refractivity contribution in [1.82, 2.24) is 20.2 Å². The molecule has 9 nitrogen and oxygen atoms in total. The Bertz CT molecular complexity index is 2120. The van der Waals surface area contributed by atoms with E-state index in [1.165, 1.54) is 29.2 Å². The molecule has 0 aliphatic carbocycles. The number of hydrogen-bond donors (Lipinski definition) is 2. The molecule has 0 saturated carbocycles. The van der Waals surface area contributed by atoms with Crippen LogP contribution in [-0.2, 0) is 21.4 Å². The van der Waals surface area contributed by atoms with Gasteiger partial charge in [0, 0.05) is 59.0 Å². The van der Waals surface area contributed by atoms with Gasteiger partial charge in [0.15, 0.2) is 11.6 Å². The summed E-state index contributed by atoms with van der Waals surface area (Å²) in [7, 11) is 0. The van der Waals surface area contributed by atoms with Crippen LogP contribution in [0.2, 0.25) is 0 Å². The number of carbonyl (C=O) groups is 4. The molecular formula is C40H37FN4O5S. The van der Waals surface area contributed by atoms with Crippen molar-refractivity contribution in [3.05, 3.63) is 118 Å². The Kier molecular flexibility index (Phi) is 9.93. The average molecular weight is 705 g/mol. The Morgan fingerprint density at radius 1 is 0.902 bits per heavy atom. The number of thiophene rings is 1. The van der Waals surface area contributed by atoms with Crippen LogP contribution in [-0.4, -0.2) is 62.7 Å². The maximum absolute atomic E-state index is 15.3. The van der Waals surface area contributed by atoms with Crippen LogP contribution in [0.25, 0.3) is 33.6 Å². The van der Waals surface area contributed by atoms with E-state index in [-0.39, 0.29) is 42.5 Å². The summed E-state index contributed by atoms with van der Waals surface area (Å²) in [5.41, 5.74) is 3.95. The standard InChI is InChI=1S/C40H37FN4O5S/c1-23(46)29-7-5-6-8-30(29)26-13-14-31(32(41)18-26)27-19-42-36(43-20-27)25-11-9-24(10-12-25)17-33(38(48)45-21-28(22-45)39(49)50)44-37(47)34-15-16-35(51-34)40(2,3)4/h5-16,18-20,28,33H,17,21-22H2,1-4H3,(H,44,47)(H,49,50)/t33-/m0/s1. The number of aliphatic carboxylic acids is 1. The molecule has 5 aromatic rings. The summed E-state index contributed by atoms with van der Waals surface area (Å²) in [5, 5.41) is 12.2. The normalized spacial score (nSPS) is 13.7. The van der Waals surface area contributed by atoms with E-state index >= 15 is 4.39 Å². The quantitative estimate of drug-likeness (QED) is 0.149. The Morgan fingerprint density at radius 2 is 1.57 bits per heavy atom. The molecule has 1 fully saturated rings. The summed E-state index contributed by atoms with van der Waals surface area (Å²) in [6, 6.07) is 22.0. The lowest BCUT2D eigenvalue weighted by molar-refractivity contribution is -0.153. The van der Waals surface area contributed by atoms with Gasteiger partial charge in [0.1, 0.15) is 11.9 Å². The molecule has 1 aliphatic rings. The van der Waals surface area contributed by atoms with E-state index in [4.69, 9.17) is 0 Å². The summed E-state index contributed by atoms with van der Waals surface area (Å²) in [6.07, 6.45) is 3.30. The average Bonchev–Trinajstić information content (AvgIpc) is 3.59. The minimum atomic E-state index is -0.950. The molecule has 2 aromatic heterocycles. The number of Topliss-reactive ketones (excluding diaryl/α,β-unsaturated/α-hetero) is 1. The molecule has 2 N–H and O–H groups in total. The highest BCUT2D eigenvalue weighted by molar-refractivity contribution is 7.14. The molecule has 6 rings (SSSR count). The number of nitrogens with zero attached hydrogens (tertiary/aromatic N) is 3. The van der Waals surface area contributed by atoms with Gasteiger partial charge in [-0.25, -0.2) is 14.4 Å². The molecule has 1 aliphatic heterocycles. The van der Waals surface area contributed by atoms with Crippen molar-refractivity contribution in [3.8, 4) is 33.6 Å². The smallest absolute Gasteiger partial charge is 0.310 e. The number of hydrogen-bond acceptors (Lipinski definition) is 7. The van der Waals surface area contributed by atoms with Crippen LogP contribution < -0.4 is 5.32 Å². The van der Waals surface area contributed by atoms with Crippen molar-refractivity contribution in [2.24, 2.45) is 5.92 Å². The predicted octanol–water partition coefficient (Wildman–Crippen LogP) is 7.06. The molecular weight excluding hydrogens is 668 g/mol. The SMILES string of the molecule is CC(=O)c1ccccc1-c1ccc(-c2cnc(-c3ccc(C[C@H](NC(=O)c4ccc(C(C)(C)C)s4)C(=O)N4CC(C(=O)O)C4)cc3)nc2)c(F)c1. The van der Waals surface area contributed by atoms with Crippen molar-refractivity contribution < 1.29 is 28.7 Å². The molecule has 3 heterocycles. The number of aromatic nitrogens is 2. The van der Waals surface area contributed by atoms with E-state index in [0.29, 0.717) is 44.1 Å². The van der Waals surface area contributed by atoms with E-state index in [9.17, 15) is 24.3 Å². The van der Waals surface area contributed by atoms with Crippen molar-refractivity contribution >= 4 is 34.9 Å². The van der Waals surface area contributed by atoms with Crippen molar-refractivity contribution in [1.29, 1.82) is 0 Å². The topological polar surface area (TPSA) is 130 Å². The fourth-order valence-electron chi connectivity index (χ4n) is 5.93. The van der Waals surface area contributed by atoms with Gasteiger partial charge in [0.05, 0.1) is 10.8 Å². The second-order valence-electron chi connectivity index (χ2n) is 13.7. The Hall–Kier alpha value is -5.55. The van der Waals surface area contributed by atoms with E-state index in [2.05, 4.69) is 36.1 Å². The van der Waals surface area contributed by atoms with Crippen LogP contribution in [0, 0.1) is 11.7 Å². The Labute approximate surface area is 299 Å². The number of halogens is 1. The van der Waals surface area contributed by atoms with Gasteiger partial charge in [0.2, 0.25) is 5.91 Å². The summed E-state index contributed by atoms with van der Waals surface area (Å²) in [5.74, 6) is -2.40. The van der Waals surface area contributed by atoms with Crippen LogP contribution in [0.1, 0.15) is 58.2 Å². The summed E-state index contributed by atoms with van der Waals surface area (Å²) in [6.45, 7) is 7.88. The highest BCUT2D eigenvalue weighted by Gasteiger charge is 2.39. The monoisotopic (exact) mass is 704 g/mol. The molecule has 3 aromatic carbocycles. The van der Waals surface area contributed by atoms with E-state index in [1.54, 1.807) is 48.8 Å². The number of carboxylic acids is 1. The van der Waals surface area contributed by atoms with Crippen LogP contribution in [0.4, 0.5) is 4.39 Å². The summed E-state index contributed by atoms with van der Waals surface area (Å²) in [4.78, 5) is 62.1. The zero-order valence-corrected chi connectivity index (χ0v) is 29.5. The fraction of sp³-hybridized carbons (Fsp3) is 0.250. The fourth-order valence-corrected chi connectivity index (χ4v) is 6.89. The number of likely N-dealkylation sites (tertiary alicyclic amines) is 1. The third-order valence-corrected chi connectivity index (χ3v) is 10.4. The molecule has 2 amide bonds. The van der Waals surface area contributed by atoms with Gasteiger partial charge in [-0.05, 0) is 47.2 Å². The van der Waals surface area contributed by atoms with Crippen molar-refractivity contribution in [3.63, 3.8) is 0 Å². The summed E-state index contributed by atoms with van der Waals surface area (Å²) >= 11 is 1.38. The molecule has 0 radical (unpaired) electrons. The number of carboxylic acid groups (broad SMARTS) is 1. The second-order valence-corrected chi connectivity index (χ2v) is 14.8. The van der Waals surface area contributed by atoms with Gasteiger partial charge in [-0.3, -0.25) is 19.2 Å². The van der Waals surface area contributed by atoms with E-state index < -0.39 is 23.7 Å². The van der Waals surface area contributed by atoms with Gasteiger partial charge in [-0.15, -0.1) is 11.3 Å². The zero-order chi connectivity index (χ0) is 36.4. The third-order valence-electron chi connectivity index (χ3n) is 8.92. The largest absolute Gasteiger partial charge is 0.481 e. The number of carbonyl (C=O) groups excluding carboxylic acids is 3. The van der Waals surface area contributed by atoms with E-state index in [0.717, 1.165) is 10.4 Å². The Morgan fingerprint density at radius 3 is 2.18 bits per heavy atom. The zero-order valence-electron chi connectivity index (χ0n) is 28.6. The van der Waals surface area contributed by atoms with Crippen LogP contribution >= 0.6 is 11.3 Å². The maximum atomic E-state index is 15.3. The first-order chi connectivity index (χ1) is 24.3. The lowest BCUT2D eigenvalue weighted by atomic mass is 9.95. The van der Waals surface area contributed by atoms with Gasteiger partial charge in [-0.1, -0.05) is 81.4 Å². The maximum Gasteiger partial charge on any atom is 0.310 e. The molecule has 0 spiro atoms. The minimum Gasteiger partial charge on any atom is -0.481 e. The van der Waals surface area contributed by atoms with Crippen LogP contribution in [0.5, 0.6) is 0 Å². The summed E-state index contributed by atoms with van der Waals surface area (Å²) < 4.78 is 15.3. The van der Waals surface area contributed by atoms with Gasteiger partial charge >= 0.3 is 5.97 Å². The predicted molar refractivity (Wildman–Crippen MR) is 194 cm³/mol. The lowest BCUT2D eigenvalue weighted by Crippen LogP contribution is -2.59. The molecule has 1 atom stereocenters. The van der Waals surface area contributed by atoms with E-state index in [1.807, 2.05) is 36.4 Å². The molecule has 260 valence electrons. The van der Waals surface area contributed by atoms with Crippen molar-refractivity contribution in [2.75, 3.05) is 13.1 Å². The Balaban J connectivity index is 1.17. The van der Waals surface area contributed by atoms with Gasteiger partial charge in [-0.2, -0.15) is 0 Å². The molecule has 51 heavy (non-hydrogen) atoms. The number of nitrogens with one attached hydrogen (secondary N) is 1. The molecule has 0 unspecified atom stereocenters. The van der Waals surface area contributed by atoms with Crippen molar-refractivity contribution in [2.45, 2.75) is 45.6 Å². The number of ketones is 1. The molecule has 0 bridgehead atoms. The molecule has 1 saturated heterocycles. The number of amides is 2. The highest BCUT2D eigenvalue weighted by atomic mass is 32.1. The number of benzene rings is 3. The van der Waals surface area contributed by atoms with Gasteiger partial charge in [0.25, 0.3) is 5.91 Å². The second kappa shape index (κ2) is 14.4. The minimum absolute atomic E-state index is 0.0987. The van der Waals surface area contributed by atoms with Crippen LogP contribution in [0.15, 0.2) is 91.3 Å². The number of rotatable bonds is 10. The van der Waals surface area contributed by atoms with Crippen LogP contribution in [0.3, 0.4) is 0 Å².